The van der Waals surface area contributed by atoms with Crippen LogP contribution in [0.15, 0.2) is 66.7 Å². The lowest BCUT2D eigenvalue weighted by Crippen LogP contribution is -2.11. The maximum atomic E-state index is 12.5. The van der Waals surface area contributed by atoms with Gasteiger partial charge >= 0.3 is 0 Å². The molecule has 1 aromatic heterocycles. The minimum atomic E-state index is -0.180. The van der Waals surface area contributed by atoms with Crippen molar-refractivity contribution in [3.05, 3.63) is 83.7 Å². The van der Waals surface area contributed by atoms with Gasteiger partial charge in [-0.2, -0.15) is 0 Å². The number of fused-ring (bicyclic) bond motifs is 2. The molecule has 1 amide bonds. The van der Waals surface area contributed by atoms with E-state index < -0.39 is 0 Å². The van der Waals surface area contributed by atoms with Crippen LogP contribution in [-0.4, -0.2) is 22.3 Å². The summed E-state index contributed by atoms with van der Waals surface area (Å²) in [6.45, 7) is 0.191. The van der Waals surface area contributed by atoms with E-state index in [2.05, 4.69) is 23.0 Å². The molecule has 4 aromatic rings. The maximum absolute atomic E-state index is 12.5. The number of aromatic nitrogens is 2. The molecule has 2 heterocycles. The number of ether oxygens (including phenoxy) is 2. The molecule has 6 nitrogen and oxygen atoms in total. The van der Waals surface area contributed by atoms with E-state index in [0.29, 0.717) is 17.1 Å². The Morgan fingerprint density at radius 3 is 2.63 bits per heavy atom. The number of hydrogen-bond donors (Lipinski definition) is 1. The highest BCUT2D eigenvalue weighted by atomic mass is 16.7. The summed E-state index contributed by atoms with van der Waals surface area (Å²) in [5, 5.41) is 2.93. The molecule has 1 aliphatic rings. The third-order valence-corrected chi connectivity index (χ3v) is 5.36. The van der Waals surface area contributed by atoms with Gasteiger partial charge in [0.15, 0.2) is 11.5 Å². The summed E-state index contributed by atoms with van der Waals surface area (Å²) in [6, 6.07) is 21.3. The number of benzene rings is 3. The van der Waals surface area contributed by atoms with Crippen molar-refractivity contribution in [1.29, 1.82) is 0 Å². The third-order valence-electron chi connectivity index (χ3n) is 5.36. The van der Waals surface area contributed by atoms with E-state index in [9.17, 15) is 4.79 Å². The summed E-state index contributed by atoms with van der Waals surface area (Å²) in [6.07, 6.45) is 1.74. The summed E-state index contributed by atoms with van der Waals surface area (Å²) in [5.74, 6) is 2.15. The summed E-state index contributed by atoms with van der Waals surface area (Å²) >= 11 is 0. The van der Waals surface area contributed by atoms with Crippen molar-refractivity contribution in [2.75, 3.05) is 12.1 Å². The molecule has 1 aliphatic heterocycles. The molecule has 1 N–H and O–H groups in total. The summed E-state index contributed by atoms with van der Waals surface area (Å²) in [7, 11) is 2.05. The van der Waals surface area contributed by atoms with Crippen molar-refractivity contribution >= 4 is 22.6 Å². The molecule has 0 aliphatic carbocycles. The van der Waals surface area contributed by atoms with Crippen LogP contribution in [0.25, 0.3) is 11.0 Å². The maximum Gasteiger partial charge on any atom is 0.255 e. The number of nitrogens with one attached hydrogen (secondary N) is 1. The van der Waals surface area contributed by atoms with Crippen molar-refractivity contribution in [3.63, 3.8) is 0 Å². The van der Waals surface area contributed by atoms with Crippen molar-refractivity contribution in [2.24, 2.45) is 7.05 Å². The fourth-order valence-corrected chi connectivity index (χ4v) is 3.67. The van der Waals surface area contributed by atoms with E-state index in [-0.39, 0.29) is 12.7 Å². The normalized spacial score (nSPS) is 12.3. The number of amides is 1. The molecule has 150 valence electrons. The number of nitrogens with zero attached hydrogens (tertiary/aromatic N) is 2. The van der Waals surface area contributed by atoms with Crippen LogP contribution < -0.4 is 14.8 Å². The Morgan fingerprint density at radius 1 is 1.00 bits per heavy atom. The van der Waals surface area contributed by atoms with Gasteiger partial charge in [-0.1, -0.05) is 24.3 Å². The lowest BCUT2D eigenvalue weighted by atomic mass is 10.1. The van der Waals surface area contributed by atoms with Gasteiger partial charge in [0.05, 0.1) is 11.0 Å². The average molecular weight is 399 g/mol. The highest BCUT2D eigenvalue weighted by Gasteiger charge is 2.16. The van der Waals surface area contributed by atoms with E-state index in [1.54, 1.807) is 18.2 Å². The fourth-order valence-electron chi connectivity index (χ4n) is 3.67. The first-order valence-corrected chi connectivity index (χ1v) is 9.88. The smallest absolute Gasteiger partial charge is 0.255 e. The van der Waals surface area contributed by atoms with Crippen LogP contribution in [0.3, 0.4) is 0 Å². The number of hydrogen-bond acceptors (Lipinski definition) is 4. The number of carbonyl (C=O) groups is 1. The van der Waals surface area contributed by atoms with Crippen LogP contribution in [0, 0.1) is 0 Å². The second-order valence-corrected chi connectivity index (χ2v) is 7.29. The van der Waals surface area contributed by atoms with Gasteiger partial charge in [0.2, 0.25) is 6.79 Å². The molecule has 0 unspecified atom stereocenters. The van der Waals surface area contributed by atoms with Crippen molar-refractivity contribution in [1.82, 2.24) is 9.55 Å². The van der Waals surface area contributed by atoms with Crippen LogP contribution in [0.1, 0.15) is 21.7 Å². The first-order valence-electron chi connectivity index (χ1n) is 9.88. The SMILES string of the molecule is Cn1c(CCc2ccc(NC(=O)c3ccc4c(c3)OCO4)cc2)nc2ccccc21. The van der Waals surface area contributed by atoms with Gasteiger partial charge in [-0.3, -0.25) is 4.79 Å². The van der Waals surface area contributed by atoms with Crippen molar-refractivity contribution in [2.45, 2.75) is 12.8 Å². The second-order valence-electron chi connectivity index (χ2n) is 7.29. The molecule has 5 rings (SSSR count). The minimum absolute atomic E-state index is 0.180. The van der Waals surface area contributed by atoms with Gasteiger partial charge < -0.3 is 19.4 Å². The molecule has 0 fully saturated rings. The topological polar surface area (TPSA) is 65.4 Å². The fraction of sp³-hybridized carbons (Fsp3) is 0.167. The molecular weight excluding hydrogens is 378 g/mol. The number of para-hydroxylation sites is 2. The molecule has 0 atom stereocenters. The number of aryl methyl sites for hydroxylation is 3. The Kier molecular flexibility index (Phi) is 4.59. The predicted octanol–water partition coefficient (Wildman–Crippen LogP) is 4.34. The number of imidazole rings is 1. The minimum Gasteiger partial charge on any atom is -0.454 e. The van der Waals surface area contributed by atoms with E-state index in [0.717, 1.165) is 35.4 Å². The Bertz CT molecular complexity index is 1230. The van der Waals surface area contributed by atoms with E-state index in [1.165, 1.54) is 5.56 Å². The molecule has 0 spiro atoms. The first-order chi connectivity index (χ1) is 14.7. The largest absolute Gasteiger partial charge is 0.454 e. The van der Waals surface area contributed by atoms with Crippen LogP contribution >= 0.6 is 0 Å². The molecule has 0 saturated heterocycles. The molecule has 30 heavy (non-hydrogen) atoms. The zero-order valence-electron chi connectivity index (χ0n) is 16.6. The zero-order chi connectivity index (χ0) is 20.5. The Hall–Kier alpha value is -3.80. The molecule has 0 bridgehead atoms. The van der Waals surface area contributed by atoms with Gasteiger partial charge in [-0.25, -0.2) is 4.98 Å². The zero-order valence-corrected chi connectivity index (χ0v) is 16.6. The van der Waals surface area contributed by atoms with E-state index >= 15 is 0 Å². The number of carbonyl (C=O) groups excluding carboxylic acids is 1. The Balaban J connectivity index is 1.23. The van der Waals surface area contributed by atoms with Gasteiger partial charge in [-0.05, 0) is 54.4 Å². The lowest BCUT2D eigenvalue weighted by Gasteiger charge is -2.08. The number of anilines is 1. The highest BCUT2D eigenvalue weighted by Crippen LogP contribution is 2.32. The Morgan fingerprint density at radius 2 is 1.80 bits per heavy atom. The summed E-state index contributed by atoms with van der Waals surface area (Å²) in [5.41, 5.74) is 4.66. The molecule has 0 saturated carbocycles. The van der Waals surface area contributed by atoms with Crippen LogP contribution in [-0.2, 0) is 19.9 Å². The van der Waals surface area contributed by atoms with E-state index in [1.807, 2.05) is 42.5 Å². The standard InChI is InChI=1S/C24H21N3O3/c1-27-20-5-3-2-4-19(20)26-23(27)13-8-16-6-10-18(11-7-16)25-24(28)17-9-12-21-22(14-17)30-15-29-21/h2-7,9-12,14H,8,13,15H2,1H3,(H,25,28). The lowest BCUT2D eigenvalue weighted by molar-refractivity contribution is 0.102. The first kappa shape index (κ1) is 18.2. The van der Waals surface area contributed by atoms with Crippen LogP contribution in [0.4, 0.5) is 5.69 Å². The quantitative estimate of drug-likeness (QED) is 0.542. The third kappa shape index (κ3) is 3.48. The highest BCUT2D eigenvalue weighted by molar-refractivity contribution is 6.04. The van der Waals surface area contributed by atoms with Gasteiger partial charge in [0.25, 0.3) is 5.91 Å². The van der Waals surface area contributed by atoms with Gasteiger partial charge in [0.1, 0.15) is 5.82 Å². The molecule has 0 radical (unpaired) electrons. The number of rotatable bonds is 5. The molecule has 3 aromatic carbocycles. The molecule has 6 heteroatoms. The van der Waals surface area contributed by atoms with Crippen molar-refractivity contribution in [3.8, 4) is 11.5 Å². The van der Waals surface area contributed by atoms with Crippen LogP contribution in [0.2, 0.25) is 0 Å². The van der Waals surface area contributed by atoms with Gasteiger partial charge in [-0.15, -0.1) is 0 Å². The van der Waals surface area contributed by atoms with E-state index in [4.69, 9.17) is 14.5 Å². The summed E-state index contributed by atoms with van der Waals surface area (Å²) in [4.78, 5) is 17.2. The Labute approximate surface area is 174 Å². The van der Waals surface area contributed by atoms with Crippen LogP contribution in [0.5, 0.6) is 11.5 Å². The van der Waals surface area contributed by atoms with Crippen molar-refractivity contribution < 1.29 is 14.3 Å². The molecular formula is C24H21N3O3. The van der Waals surface area contributed by atoms with Gasteiger partial charge in [0, 0.05) is 24.7 Å². The summed E-state index contributed by atoms with van der Waals surface area (Å²) < 4.78 is 12.8. The monoisotopic (exact) mass is 399 g/mol. The second kappa shape index (κ2) is 7.55. The average Bonchev–Trinajstić information content (AvgIpc) is 3.37. The predicted molar refractivity (Wildman–Crippen MR) is 115 cm³/mol.